The summed E-state index contributed by atoms with van der Waals surface area (Å²) in [5, 5.41) is 3.48. The minimum atomic E-state index is -3.87. The molecule has 0 saturated heterocycles. The van der Waals surface area contributed by atoms with Crippen LogP contribution in [0.25, 0.3) is 0 Å². The van der Waals surface area contributed by atoms with Crippen molar-refractivity contribution in [3.63, 3.8) is 0 Å². The molecule has 198 valence electrons. The molecule has 0 aliphatic rings. The van der Waals surface area contributed by atoms with Crippen LogP contribution in [-0.2, 0) is 26.2 Å². The van der Waals surface area contributed by atoms with E-state index < -0.39 is 34.1 Å². The van der Waals surface area contributed by atoms with Gasteiger partial charge in [-0.2, -0.15) is 0 Å². The number of aryl methyl sites for hydroxylation is 1. The number of anilines is 1. The number of methoxy groups -OCH3 is 1. The molecule has 0 radical (unpaired) electrons. The lowest BCUT2D eigenvalue weighted by atomic mass is 10.1. The highest BCUT2D eigenvalue weighted by molar-refractivity contribution is 7.92. The molecule has 0 aliphatic heterocycles. The first-order valence-corrected chi connectivity index (χ1v) is 13.9. The Morgan fingerprint density at radius 1 is 1.11 bits per heavy atom. The van der Waals surface area contributed by atoms with Crippen LogP contribution in [0.2, 0.25) is 5.02 Å². The van der Waals surface area contributed by atoms with Crippen molar-refractivity contribution in [2.45, 2.75) is 59.2 Å². The smallest absolute Gasteiger partial charge is 0.244 e. The molecule has 0 heterocycles. The summed E-state index contributed by atoms with van der Waals surface area (Å²) in [6.45, 7) is 8.82. The molecule has 8 nitrogen and oxygen atoms in total. The Morgan fingerprint density at radius 2 is 1.72 bits per heavy atom. The number of carbonyl (C=O) groups is 2. The fourth-order valence-electron chi connectivity index (χ4n) is 3.75. The summed E-state index contributed by atoms with van der Waals surface area (Å²) in [7, 11) is -2.43. The molecule has 0 spiro atoms. The van der Waals surface area contributed by atoms with Gasteiger partial charge < -0.3 is 15.0 Å². The minimum Gasteiger partial charge on any atom is -0.495 e. The van der Waals surface area contributed by atoms with Gasteiger partial charge >= 0.3 is 0 Å². The Kier molecular flexibility index (Phi) is 9.79. The maximum Gasteiger partial charge on any atom is 0.244 e. The predicted octanol–water partition coefficient (Wildman–Crippen LogP) is 4.15. The van der Waals surface area contributed by atoms with Crippen LogP contribution >= 0.6 is 11.6 Å². The summed E-state index contributed by atoms with van der Waals surface area (Å²) in [4.78, 5) is 28.4. The van der Waals surface area contributed by atoms with Crippen LogP contribution in [0, 0.1) is 6.92 Å². The third kappa shape index (κ3) is 8.13. The SMILES string of the molecule is CCC(C(=O)NC(C)(C)C)N(Cc1ccc(Cl)cc1)C(=O)CN(c1cc(C)ccc1OC)S(C)(=O)=O. The van der Waals surface area contributed by atoms with Crippen LogP contribution in [0.5, 0.6) is 5.75 Å². The van der Waals surface area contributed by atoms with Crippen LogP contribution in [0.1, 0.15) is 45.2 Å². The van der Waals surface area contributed by atoms with E-state index in [1.54, 1.807) is 42.5 Å². The topological polar surface area (TPSA) is 96.0 Å². The van der Waals surface area contributed by atoms with Gasteiger partial charge in [-0.05, 0) is 69.5 Å². The summed E-state index contributed by atoms with van der Waals surface area (Å²) in [6, 6.07) is 11.2. The summed E-state index contributed by atoms with van der Waals surface area (Å²) < 4.78 is 32.1. The number of benzene rings is 2. The van der Waals surface area contributed by atoms with Gasteiger partial charge in [-0.25, -0.2) is 8.42 Å². The van der Waals surface area contributed by atoms with Gasteiger partial charge in [0.15, 0.2) is 0 Å². The first kappa shape index (κ1) is 29.5. The van der Waals surface area contributed by atoms with Gasteiger partial charge in [-0.15, -0.1) is 0 Å². The van der Waals surface area contributed by atoms with Crippen molar-refractivity contribution >= 4 is 39.1 Å². The second-order valence-electron chi connectivity index (χ2n) is 9.76. The van der Waals surface area contributed by atoms with E-state index in [4.69, 9.17) is 16.3 Å². The van der Waals surface area contributed by atoms with Gasteiger partial charge in [0.1, 0.15) is 18.3 Å². The molecule has 0 aromatic heterocycles. The van der Waals surface area contributed by atoms with Crippen LogP contribution < -0.4 is 14.4 Å². The van der Waals surface area contributed by atoms with Crippen LogP contribution in [0.4, 0.5) is 5.69 Å². The Morgan fingerprint density at radius 3 is 2.22 bits per heavy atom. The molecule has 36 heavy (non-hydrogen) atoms. The molecule has 2 rings (SSSR count). The van der Waals surface area contributed by atoms with E-state index in [0.29, 0.717) is 17.2 Å². The largest absolute Gasteiger partial charge is 0.495 e. The van der Waals surface area contributed by atoms with Gasteiger partial charge in [0.25, 0.3) is 0 Å². The van der Waals surface area contributed by atoms with Gasteiger partial charge in [-0.1, -0.05) is 36.7 Å². The van der Waals surface area contributed by atoms with Crippen molar-refractivity contribution in [1.29, 1.82) is 0 Å². The van der Waals surface area contributed by atoms with Crippen LogP contribution in [-0.4, -0.2) is 56.6 Å². The lowest BCUT2D eigenvalue weighted by Gasteiger charge is -2.34. The van der Waals surface area contributed by atoms with Crippen LogP contribution in [0.3, 0.4) is 0 Å². The number of hydrogen-bond acceptors (Lipinski definition) is 5. The molecule has 10 heteroatoms. The molecule has 2 amide bonds. The van der Waals surface area contributed by atoms with Crippen molar-refractivity contribution in [2.24, 2.45) is 0 Å². The van der Waals surface area contributed by atoms with E-state index in [1.165, 1.54) is 12.0 Å². The number of hydrogen-bond donors (Lipinski definition) is 1. The first-order valence-electron chi connectivity index (χ1n) is 11.6. The Labute approximate surface area is 219 Å². The van der Waals surface area contributed by atoms with Gasteiger partial charge in [0.2, 0.25) is 21.8 Å². The molecular weight excluding hydrogens is 502 g/mol. The number of nitrogens with zero attached hydrogens (tertiary/aromatic N) is 2. The van der Waals surface area contributed by atoms with Crippen molar-refractivity contribution in [3.05, 3.63) is 58.6 Å². The molecule has 1 N–H and O–H groups in total. The monoisotopic (exact) mass is 537 g/mol. The minimum absolute atomic E-state index is 0.106. The summed E-state index contributed by atoms with van der Waals surface area (Å²) in [6.07, 6.45) is 1.38. The molecule has 2 aromatic carbocycles. The van der Waals surface area contributed by atoms with E-state index in [0.717, 1.165) is 21.7 Å². The highest BCUT2D eigenvalue weighted by Gasteiger charge is 2.33. The molecule has 0 fully saturated rings. The first-order chi connectivity index (χ1) is 16.7. The number of nitrogens with one attached hydrogen (secondary N) is 1. The lowest BCUT2D eigenvalue weighted by Crippen LogP contribution is -2.55. The van der Waals surface area contributed by atoms with E-state index in [1.807, 2.05) is 34.6 Å². The summed E-state index contributed by atoms with van der Waals surface area (Å²) in [5.74, 6) is -0.512. The third-order valence-electron chi connectivity index (χ3n) is 5.43. The molecule has 0 aliphatic carbocycles. The summed E-state index contributed by atoms with van der Waals surface area (Å²) >= 11 is 6.02. The molecule has 0 saturated carbocycles. The molecular formula is C26H36ClN3O5S. The third-order valence-corrected chi connectivity index (χ3v) is 6.81. The second kappa shape index (κ2) is 12.0. The highest BCUT2D eigenvalue weighted by Crippen LogP contribution is 2.31. The second-order valence-corrected chi connectivity index (χ2v) is 12.1. The quantitative estimate of drug-likeness (QED) is 0.491. The zero-order chi connectivity index (χ0) is 27.3. The number of halogens is 1. The maximum absolute atomic E-state index is 13.8. The Bertz CT molecular complexity index is 1180. The Hall–Kier alpha value is -2.78. The fraction of sp³-hybridized carbons (Fsp3) is 0.462. The number of sulfonamides is 1. The van der Waals surface area contributed by atoms with E-state index in [2.05, 4.69) is 5.32 Å². The number of amides is 2. The normalized spacial score (nSPS) is 12.6. The lowest BCUT2D eigenvalue weighted by molar-refractivity contribution is -0.141. The maximum atomic E-state index is 13.8. The van der Waals surface area contributed by atoms with Crippen molar-refractivity contribution in [3.8, 4) is 5.75 Å². The van der Waals surface area contributed by atoms with E-state index in [9.17, 15) is 18.0 Å². The fourth-order valence-corrected chi connectivity index (χ4v) is 4.72. The number of carbonyl (C=O) groups excluding carboxylic acids is 2. The van der Waals surface area contributed by atoms with Gasteiger partial charge in [0.05, 0.1) is 19.1 Å². The highest BCUT2D eigenvalue weighted by atomic mass is 35.5. The van der Waals surface area contributed by atoms with Crippen molar-refractivity contribution in [1.82, 2.24) is 10.2 Å². The van der Waals surface area contributed by atoms with E-state index >= 15 is 0 Å². The average Bonchev–Trinajstić information content (AvgIpc) is 2.76. The molecule has 1 atom stereocenters. The molecule has 0 bridgehead atoms. The molecule has 2 aromatic rings. The standard InChI is InChI=1S/C26H36ClN3O5S/c1-8-21(25(32)28-26(3,4)5)29(16-19-10-12-20(27)13-11-19)24(31)17-30(36(7,33)34)22-15-18(2)9-14-23(22)35-6/h9-15,21H,8,16-17H2,1-7H3,(H,28,32). The van der Waals surface area contributed by atoms with Crippen molar-refractivity contribution in [2.75, 3.05) is 24.2 Å². The van der Waals surface area contributed by atoms with Gasteiger partial charge in [-0.3, -0.25) is 13.9 Å². The average molecular weight is 538 g/mol. The Balaban J connectivity index is 2.52. The number of ether oxygens (including phenoxy) is 1. The van der Waals surface area contributed by atoms with Crippen LogP contribution in [0.15, 0.2) is 42.5 Å². The molecule has 1 unspecified atom stereocenters. The predicted molar refractivity (Wildman–Crippen MR) is 144 cm³/mol. The zero-order valence-electron chi connectivity index (χ0n) is 22.0. The summed E-state index contributed by atoms with van der Waals surface area (Å²) in [5.41, 5.74) is 1.31. The van der Waals surface area contributed by atoms with Gasteiger partial charge in [0, 0.05) is 17.1 Å². The zero-order valence-corrected chi connectivity index (χ0v) is 23.5. The van der Waals surface area contributed by atoms with E-state index in [-0.39, 0.29) is 18.1 Å². The van der Waals surface area contributed by atoms with Crippen molar-refractivity contribution < 1.29 is 22.7 Å². The number of rotatable bonds is 10.